The van der Waals surface area contributed by atoms with E-state index in [0.717, 1.165) is 31.4 Å². The topological polar surface area (TPSA) is 75.6 Å². The van der Waals surface area contributed by atoms with Gasteiger partial charge in [-0.05, 0) is 35.4 Å². The quantitative estimate of drug-likeness (QED) is 0.579. The SMILES string of the molecule is COC(=O)[C@@H](Cc1ccc(F)cc1)NC(=O)[C@H](O)c1ccc(C(F)(F)F)cc1. The molecule has 0 radical (unpaired) electrons. The second-order valence-electron chi connectivity index (χ2n) is 5.94. The summed E-state index contributed by atoms with van der Waals surface area (Å²) in [5, 5.41) is 12.4. The Morgan fingerprint density at radius 3 is 2.14 bits per heavy atom. The normalized spacial score (nSPS) is 13.5. The molecule has 1 amide bonds. The van der Waals surface area contributed by atoms with E-state index in [4.69, 9.17) is 0 Å². The van der Waals surface area contributed by atoms with Gasteiger partial charge in [0, 0.05) is 6.42 Å². The molecule has 2 aromatic rings. The van der Waals surface area contributed by atoms with Gasteiger partial charge in [-0.2, -0.15) is 13.2 Å². The van der Waals surface area contributed by atoms with E-state index in [9.17, 15) is 32.3 Å². The van der Waals surface area contributed by atoms with Gasteiger partial charge in [0.25, 0.3) is 5.91 Å². The third kappa shape index (κ3) is 5.53. The van der Waals surface area contributed by atoms with Crippen molar-refractivity contribution in [3.8, 4) is 0 Å². The minimum Gasteiger partial charge on any atom is -0.467 e. The first kappa shape index (κ1) is 21.4. The maximum absolute atomic E-state index is 13.0. The van der Waals surface area contributed by atoms with Crippen LogP contribution in [0.4, 0.5) is 17.6 Å². The van der Waals surface area contributed by atoms with Crippen molar-refractivity contribution in [3.63, 3.8) is 0 Å². The Labute approximate surface area is 157 Å². The Morgan fingerprint density at radius 1 is 1.07 bits per heavy atom. The van der Waals surface area contributed by atoms with Crippen LogP contribution >= 0.6 is 0 Å². The van der Waals surface area contributed by atoms with Gasteiger partial charge in [-0.15, -0.1) is 0 Å². The number of nitrogens with one attached hydrogen (secondary N) is 1. The Kier molecular flexibility index (Phi) is 6.74. The van der Waals surface area contributed by atoms with Gasteiger partial charge in [-0.25, -0.2) is 9.18 Å². The summed E-state index contributed by atoms with van der Waals surface area (Å²) in [6.45, 7) is 0. The second kappa shape index (κ2) is 8.83. The molecule has 0 spiro atoms. The first-order chi connectivity index (χ1) is 13.1. The molecule has 0 fully saturated rings. The summed E-state index contributed by atoms with van der Waals surface area (Å²) in [4.78, 5) is 24.2. The van der Waals surface area contributed by atoms with E-state index in [1.807, 2.05) is 0 Å². The largest absolute Gasteiger partial charge is 0.467 e. The lowest BCUT2D eigenvalue weighted by atomic mass is 10.0. The zero-order valence-corrected chi connectivity index (χ0v) is 14.7. The average Bonchev–Trinajstić information content (AvgIpc) is 2.67. The van der Waals surface area contributed by atoms with Gasteiger partial charge in [0.15, 0.2) is 6.10 Å². The third-order valence-corrected chi connectivity index (χ3v) is 3.96. The highest BCUT2D eigenvalue weighted by atomic mass is 19.4. The molecule has 0 bridgehead atoms. The molecular formula is C19H17F4NO4. The number of ether oxygens (including phenoxy) is 1. The van der Waals surface area contributed by atoms with E-state index < -0.39 is 41.6 Å². The fourth-order valence-electron chi connectivity index (χ4n) is 2.45. The molecule has 0 aromatic heterocycles. The Balaban J connectivity index is 2.11. The van der Waals surface area contributed by atoms with E-state index >= 15 is 0 Å². The van der Waals surface area contributed by atoms with E-state index in [2.05, 4.69) is 10.1 Å². The number of amides is 1. The monoisotopic (exact) mass is 399 g/mol. The van der Waals surface area contributed by atoms with Crippen molar-refractivity contribution >= 4 is 11.9 Å². The van der Waals surface area contributed by atoms with Crippen molar-refractivity contribution in [2.24, 2.45) is 0 Å². The van der Waals surface area contributed by atoms with Crippen molar-refractivity contribution in [1.29, 1.82) is 0 Å². The van der Waals surface area contributed by atoms with Gasteiger partial charge >= 0.3 is 12.1 Å². The van der Waals surface area contributed by atoms with Crippen molar-refractivity contribution in [3.05, 3.63) is 71.0 Å². The van der Waals surface area contributed by atoms with Crippen LogP contribution in [0.1, 0.15) is 22.8 Å². The van der Waals surface area contributed by atoms with E-state index in [-0.39, 0.29) is 12.0 Å². The molecule has 0 aliphatic carbocycles. The van der Waals surface area contributed by atoms with Gasteiger partial charge in [-0.1, -0.05) is 24.3 Å². The van der Waals surface area contributed by atoms with Crippen molar-refractivity contribution in [2.45, 2.75) is 24.7 Å². The van der Waals surface area contributed by atoms with Crippen molar-refractivity contribution in [2.75, 3.05) is 7.11 Å². The predicted molar refractivity (Wildman–Crippen MR) is 90.5 cm³/mol. The molecule has 5 nitrogen and oxygen atoms in total. The minimum atomic E-state index is -4.54. The Morgan fingerprint density at radius 2 is 1.64 bits per heavy atom. The first-order valence-corrected chi connectivity index (χ1v) is 8.09. The Hall–Kier alpha value is -2.94. The van der Waals surface area contributed by atoms with Gasteiger partial charge in [0.05, 0.1) is 12.7 Å². The fraction of sp³-hybridized carbons (Fsp3) is 0.263. The zero-order valence-electron chi connectivity index (χ0n) is 14.7. The second-order valence-corrected chi connectivity index (χ2v) is 5.94. The first-order valence-electron chi connectivity index (χ1n) is 8.09. The van der Waals surface area contributed by atoms with Crippen LogP contribution in [0.5, 0.6) is 0 Å². The number of aliphatic hydroxyl groups is 1. The van der Waals surface area contributed by atoms with Crippen LogP contribution in [-0.2, 0) is 26.9 Å². The minimum absolute atomic E-state index is 0.0293. The molecule has 0 saturated carbocycles. The predicted octanol–water partition coefficient (Wildman–Crippen LogP) is 2.78. The average molecular weight is 399 g/mol. The molecule has 0 unspecified atom stereocenters. The number of methoxy groups -OCH3 is 1. The molecule has 0 aliphatic rings. The molecular weight excluding hydrogens is 382 g/mol. The molecule has 2 N–H and O–H groups in total. The van der Waals surface area contributed by atoms with Gasteiger partial charge < -0.3 is 15.2 Å². The lowest BCUT2D eigenvalue weighted by molar-refractivity contribution is -0.146. The van der Waals surface area contributed by atoms with Crippen LogP contribution in [0, 0.1) is 5.82 Å². The van der Waals surface area contributed by atoms with Crippen LogP contribution < -0.4 is 5.32 Å². The van der Waals surface area contributed by atoms with Crippen molar-refractivity contribution in [1.82, 2.24) is 5.32 Å². The number of benzene rings is 2. The summed E-state index contributed by atoms with van der Waals surface area (Å²) >= 11 is 0. The van der Waals surface area contributed by atoms with E-state index in [1.165, 1.54) is 24.3 Å². The number of alkyl halides is 3. The van der Waals surface area contributed by atoms with Crippen molar-refractivity contribution < 1.29 is 37.0 Å². The van der Waals surface area contributed by atoms with Crippen LogP contribution in [0.3, 0.4) is 0 Å². The number of rotatable bonds is 6. The zero-order chi connectivity index (χ0) is 20.9. The molecule has 28 heavy (non-hydrogen) atoms. The molecule has 9 heteroatoms. The number of hydrogen-bond acceptors (Lipinski definition) is 4. The summed E-state index contributed by atoms with van der Waals surface area (Å²) < 4.78 is 55.4. The van der Waals surface area contributed by atoms with E-state index in [0.29, 0.717) is 5.56 Å². The summed E-state index contributed by atoms with van der Waals surface area (Å²) in [6, 6.07) is 7.45. The van der Waals surface area contributed by atoms with Crippen LogP contribution in [0.15, 0.2) is 48.5 Å². The van der Waals surface area contributed by atoms with Crippen LogP contribution in [0.25, 0.3) is 0 Å². The smallest absolute Gasteiger partial charge is 0.416 e. The number of carbonyl (C=O) groups is 2. The number of aliphatic hydroxyl groups excluding tert-OH is 1. The lowest BCUT2D eigenvalue weighted by Crippen LogP contribution is -2.45. The number of carbonyl (C=O) groups excluding carboxylic acids is 2. The maximum atomic E-state index is 13.0. The summed E-state index contributed by atoms with van der Waals surface area (Å²) in [6.07, 6.45) is -6.36. The van der Waals surface area contributed by atoms with Crippen LogP contribution in [0.2, 0.25) is 0 Å². The summed E-state index contributed by atoms with van der Waals surface area (Å²) in [5.74, 6) is -2.25. The van der Waals surface area contributed by atoms with E-state index in [1.54, 1.807) is 0 Å². The number of hydrogen-bond donors (Lipinski definition) is 2. The molecule has 2 rings (SSSR count). The molecule has 2 atom stereocenters. The third-order valence-electron chi connectivity index (χ3n) is 3.96. The summed E-state index contributed by atoms with van der Waals surface area (Å²) in [7, 11) is 1.11. The standard InChI is InChI=1S/C19H17F4NO4/c1-28-18(27)15(10-11-2-8-14(20)9-3-11)24-17(26)16(25)12-4-6-13(7-5-12)19(21,22)23/h2-9,15-16,25H,10H2,1H3,(H,24,26)/t15-,16-/m1/s1. The fourth-order valence-corrected chi connectivity index (χ4v) is 2.45. The molecule has 0 heterocycles. The van der Waals surface area contributed by atoms with Crippen LogP contribution in [-0.4, -0.2) is 30.1 Å². The Bertz CT molecular complexity index is 819. The highest BCUT2D eigenvalue weighted by Gasteiger charge is 2.31. The highest BCUT2D eigenvalue weighted by molar-refractivity contribution is 5.87. The lowest BCUT2D eigenvalue weighted by Gasteiger charge is -2.19. The van der Waals surface area contributed by atoms with Gasteiger partial charge in [0.1, 0.15) is 11.9 Å². The maximum Gasteiger partial charge on any atom is 0.416 e. The molecule has 0 saturated heterocycles. The number of esters is 1. The number of halogens is 4. The van der Waals surface area contributed by atoms with Gasteiger partial charge in [-0.3, -0.25) is 4.79 Å². The highest BCUT2D eigenvalue weighted by Crippen LogP contribution is 2.30. The molecule has 150 valence electrons. The van der Waals surface area contributed by atoms with Gasteiger partial charge in [0.2, 0.25) is 0 Å². The summed E-state index contributed by atoms with van der Waals surface area (Å²) in [5.41, 5.74) is -0.468. The molecule has 0 aliphatic heterocycles. The molecule has 2 aromatic carbocycles.